The first-order valence-corrected chi connectivity index (χ1v) is 7.57. The second-order valence-electron chi connectivity index (χ2n) is 4.72. The van der Waals surface area contributed by atoms with Crippen molar-refractivity contribution in [1.29, 1.82) is 0 Å². The molecule has 1 aliphatic rings. The maximum Gasteiger partial charge on any atom is 0.128 e. The molecule has 6 heteroatoms. The van der Waals surface area contributed by atoms with E-state index in [2.05, 4.69) is 0 Å². The molecule has 1 aliphatic heterocycles. The van der Waals surface area contributed by atoms with Gasteiger partial charge in [0.05, 0.1) is 0 Å². The Hall–Kier alpha value is -0.850. The molecule has 2 rings (SSSR count). The molecular weight excluding hydrogens is 272 g/mol. The monoisotopic (exact) mass is 288 g/mol. The summed E-state index contributed by atoms with van der Waals surface area (Å²) in [4.78, 5) is 2.03. The van der Waals surface area contributed by atoms with Gasteiger partial charge in [0, 0.05) is 17.4 Å². The van der Waals surface area contributed by atoms with Crippen molar-refractivity contribution in [3.63, 3.8) is 0 Å². The minimum atomic E-state index is -2.04. The van der Waals surface area contributed by atoms with E-state index in [9.17, 15) is 17.5 Å². The summed E-state index contributed by atoms with van der Waals surface area (Å²) in [5, 5.41) is 0. The minimum absolute atomic E-state index is 0.106. The van der Waals surface area contributed by atoms with Crippen LogP contribution in [-0.2, 0) is 11.1 Å². The van der Waals surface area contributed by atoms with Crippen molar-refractivity contribution in [1.82, 2.24) is 4.90 Å². The van der Waals surface area contributed by atoms with E-state index in [1.54, 1.807) is 0 Å². The van der Waals surface area contributed by atoms with Gasteiger partial charge in [-0.05, 0) is 50.6 Å². The molecule has 0 N–H and O–H groups in total. The van der Waals surface area contributed by atoms with Gasteiger partial charge in [0.25, 0.3) is 0 Å². The van der Waals surface area contributed by atoms with Gasteiger partial charge in [0.1, 0.15) is 11.6 Å². The van der Waals surface area contributed by atoms with Crippen LogP contribution in [-0.4, -0.2) is 32.5 Å². The van der Waals surface area contributed by atoms with Crippen molar-refractivity contribution in [2.45, 2.75) is 25.3 Å². The predicted octanol–water partition coefficient (Wildman–Crippen LogP) is 2.37. The zero-order valence-corrected chi connectivity index (χ0v) is 11.3. The lowest BCUT2D eigenvalue weighted by Gasteiger charge is -2.25. The average molecular weight is 288 g/mol. The van der Waals surface area contributed by atoms with Gasteiger partial charge in [-0.15, -0.1) is 0 Å². The molecule has 19 heavy (non-hydrogen) atoms. The van der Waals surface area contributed by atoms with Crippen molar-refractivity contribution in [2.75, 3.05) is 18.8 Å². The fraction of sp³-hybridized carbons (Fsp3) is 0.538. The quantitative estimate of drug-likeness (QED) is 0.781. The molecule has 1 aromatic carbocycles. The topological polar surface area (TPSA) is 43.4 Å². The molecule has 106 valence electrons. The summed E-state index contributed by atoms with van der Waals surface area (Å²) in [6.45, 7) is 1.39. The molecule has 0 aliphatic carbocycles. The molecule has 0 amide bonds. The van der Waals surface area contributed by atoms with Crippen LogP contribution < -0.4 is 0 Å². The van der Waals surface area contributed by atoms with Crippen LogP contribution in [0.15, 0.2) is 18.2 Å². The molecule has 0 bridgehead atoms. The molecule has 0 spiro atoms. The third kappa shape index (κ3) is 3.81. The molecule has 0 radical (unpaired) electrons. The van der Waals surface area contributed by atoms with Gasteiger partial charge < -0.3 is 4.55 Å². The number of hydrogen-bond acceptors (Lipinski definition) is 3. The summed E-state index contributed by atoms with van der Waals surface area (Å²) in [5.74, 6) is -0.732. The van der Waals surface area contributed by atoms with Crippen molar-refractivity contribution < 1.29 is 17.5 Å². The van der Waals surface area contributed by atoms with Crippen LogP contribution in [0.1, 0.15) is 30.9 Å². The first-order valence-electron chi connectivity index (χ1n) is 6.33. The number of halogens is 2. The number of nitrogens with zero attached hydrogens (tertiary/aromatic N) is 1. The maximum atomic E-state index is 13.8. The highest BCUT2D eigenvalue weighted by molar-refractivity contribution is 7.79. The van der Waals surface area contributed by atoms with Crippen LogP contribution in [0.25, 0.3) is 0 Å². The molecule has 3 nitrogen and oxygen atoms in total. The van der Waals surface area contributed by atoms with E-state index in [0.29, 0.717) is 18.5 Å². The van der Waals surface area contributed by atoms with Crippen molar-refractivity contribution in [3.05, 3.63) is 35.4 Å². The van der Waals surface area contributed by atoms with Gasteiger partial charge in [-0.1, -0.05) is 11.1 Å². The second kappa shape index (κ2) is 6.54. The number of benzene rings is 1. The fourth-order valence-corrected chi connectivity index (χ4v) is 2.97. The Morgan fingerprint density at radius 3 is 2.95 bits per heavy atom. The molecular formula is C13H16F2NO2S-. The predicted molar refractivity (Wildman–Crippen MR) is 68.3 cm³/mol. The highest BCUT2D eigenvalue weighted by Crippen LogP contribution is 2.33. The molecule has 0 aromatic heterocycles. The first kappa shape index (κ1) is 14.6. The normalized spacial score (nSPS) is 21.7. The van der Waals surface area contributed by atoms with Gasteiger partial charge in [0.2, 0.25) is 0 Å². The summed E-state index contributed by atoms with van der Waals surface area (Å²) >= 11 is -2.04. The Morgan fingerprint density at radius 2 is 2.21 bits per heavy atom. The Balaban J connectivity index is 2.05. The highest BCUT2D eigenvalue weighted by Gasteiger charge is 2.27. The van der Waals surface area contributed by atoms with E-state index in [-0.39, 0.29) is 11.8 Å². The number of rotatable bonds is 5. The summed E-state index contributed by atoms with van der Waals surface area (Å²) < 4.78 is 48.0. The van der Waals surface area contributed by atoms with Gasteiger partial charge >= 0.3 is 0 Å². The fourth-order valence-electron chi connectivity index (χ4n) is 2.60. The Labute approximate surface area is 113 Å². The average Bonchev–Trinajstić information content (AvgIpc) is 2.80. The summed E-state index contributed by atoms with van der Waals surface area (Å²) in [5.41, 5.74) is 0.376. The lowest BCUT2D eigenvalue weighted by Crippen LogP contribution is -2.26. The second-order valence-corrected chi connectivity index (χ2v) is 5.74. The van der Waals surface area contributed by atoms with E-state index in [0.717, 1.165) is 31.5 Å². The van der Waals surface area contributed by atoms with Gasteiger partial charge in [0.15, 0.2) is 0 Å². The van der Waals surface area contributed by atoms with Crippen LogP contribution in [0.4, 0.5) is 8.78 Å². The van der Waals surface area contributed by atoms with E-state index in [4.69, 9.17) is 0 Å². The number of likely N-dealkylation sites (tertiary alicyclic amines) is 1. The first-order chi connectivity index (χ1) is 9.08. The van der Waals surface area contributed by atoms with Crippen molar-refractivity contribution >= 4 is 11.1 Å². The zero-order valence-electron chi connectivity index (χ0n) is 10.5. The molecule has 1 unspecified atom stereocenters. The lowest BCUT2D eigenvalue weighted by atomic mass is 10.0. The third-order valence-electron chi connectivity index (χ3n) is 3.44. The summed E-state index contributed by atoms with van der Waals surface area (Å²) in [7, 11) is 0. The summed E-state index contributed by atoms with van der Waals surface area (Å²) in [6.07, 6.45) is 2.21. The Morgan fingerprint density at radius 1 is 1.42 bits per heavy atom. The third-order valence-corrected chi connectivity index (χ3v) is 4.06. The number of hydrogen-bond donors (Lipinski definition) is 0. The van der Waals surface area contributed by atoms with Crippen LogP contribution in [0.2, 0.25) is 0 Å². The molecule has 2 atom stereocenters. The van der Waals surface area contributed by atoms with Gasteiger partial charge in [-0.3, -0.25) is 9.11 Å². The van der Waals surface area contributed by atoms with Gasteiger partial charge in [-0.25, -0.2) is 8.78 Å². The molecule has 0 saturated carbocycles. The van der Waals surface area contributed by atoms with Crippen LogP contribution >= 0.6 is 0 Å². The zero-order chi connectivity index (χ0) is 13.8. The lowest BCUT2D eigenvalue weighted by molar-refractivity contribution is 0.252. The smallest absolute Gasteiger partial charge is 0.128 e. The molecule has 1 aromatic rings. The van der Waals surface area contributed by atoms with Crippen LogP contribution in [0.5, 0.6) is 0 Å². The van der Waals surface area contributed by atoms with Crippen molar-refractivity contribution in [3.8, 4) is 0 Å². The van der Waals surface area contributed by atoms with E-state index < -0.39 is 22.7 Å². The van der Waals surface area contributed by atoms with Crippen LogP contribution in [0, 0.1) is 11.6 Å². The minimum Gasteiger partial charge on any atom is -0.772 e. The molecule has 1 heterocycles. The SMILES string of the molecule is O=S([O-])CCCN1CCC[C@@H]1c1cc(F)ccc1F. The van der Waals surface area contributed by atoms with Crippen molar-refractivity contribution in [2.24, 2.45) is 0 Å². The largest absolute Gasteiger partial charge is 0.772 e. The Bertz CT molecular complexity index is 470. The molecule has 1 saturated heterocycles. The van der Waals surface area contributed by atoms with E-state index in [1.807, 2.05) is 4.90 Å². The highest BCUT2D eigenvalue weighted by atomic mass is 32.2. The standard InChI is InChI=1S/C13H17F2NO2S/c14-10-4-5-12(15)11(9-10)13-3-1-6-16(13)7-2-8-19(17)18/h4-5,9,13H,1-3,6-8H2,(H,17,18)/p-1/t13-/m1/s1. The van der Waals surface area contributed by atoms with E-state index >= 15 is 0 Å². The summed E-state index contributed by atoms with van der Waals surface area (Å²) in [6, 6.07) is 3.35. The van der Waals surface area contributed by atoms with Gasteiger partial charge in [-0.2, -0.15) is 0 Å². The maximum absolute atomic E-state index is 13.8. The van der Waals surface area contributed by atoms with E-state index in [1.165, 1.54) is 6.07 Å². The van der Waals surface area contributed by atoms with Crippen LogP contribution in [0.3, 0.4) is 0 Å². The molecule has 1 fully saturated rings. The Kier molecular flexibility index (Phi) is 5.01.